The van der Waals surface area contributed by atoms with Crippen molar-refractivity contribution in [1.82, 2.24) is 4.98 Å². The molecule has 1 heterocycles. The van der Waals surface area contributed by atoms with Gasteiger partial charge in [-0.1, -0.05) is 24.3 Å². The summed E-state index contributed by atoms with van der Waals surface area (Å²) in [5, 5.41) is 0. The number of rotatable bonds is 2. The first-order valence-corrected chi connectivity index (χ1v) is 4.90. The molecule has 2 aromatic rings. The van der Waals surface area contributed by atoms with Gasteiger partial charge in [0.15, 0.2) is 5.78 Å². The SMILES string of the molecule is CC(=O)c1ccc(-c2ccc(F)cn2)cc1. The Morgan fingerprint density at radius 2 is 1.81 bits per heavy atom. The van der Waals surface area contributed by atoms with Gasteiger partial charge in [0.2, 0.25) is 0 Å². The van der Waals surface area contributed by atoms with Crippen LogP contribution in [0.15, 0.2) is 42.6 Å². The summed E-state index contributed by atoms with van der Waals surface area (Å²) in [5.41, 5.74) is 2.22. The smallest absolute Gasteiger partial charge is 0.159 e. The first-order valence-electron chi connectivity index (χ1n) is 4.90. The van der Waals surface area contributed by atoms with E-state index in [-0.39, 0.29) is 11.6 Å². The second-order valence-corrected chi connectivity index (χ2v) is 3.50. The quantitative estimate of drug-likeness (QED) is 0.720. The van der Waals surface area contributed by atoms with Crippen LogP contribution in [-0.2, 0) is 0 Å². The van der Waals surface area contributed by atoms with Crippen LogP contribution in [0.5, 0.6) is 0 Å². The van der Waals surface area contributed by atoms with Gasteiger partial charge in [0.05, 0.1) is 11.9 Å². The van der Waals surface area contributed by atoms with Gasteiger partial charge in [0.1, 0.15) is 5.82 Å². The molecule has 0 amide bonds. The number of nitrogens with zero attached hydrogens (tertiary/aromatic N) is 1. The van der Waals surface area contributed by atoms with E-state index in [4.69, 9.17) is 0 Å². The molecule has 0 saturated heterocycles. The molecule has 16 heavy (non-hydrogen) atoms. The van der Waals surface area contributed by atoms with Crippen LogP contribution in [0.4, 0.5) is 4.39 Å². The van der Waals surface area contributed by atoms with E-state index >= 15 is 0 Å². The Balaban J connectivity index is 2.34. The molecule has 0 aliphatic carbocycles. The van der Waals surface area contributed by atoms with Crippen molar-refractivity contribution in [3.63, 3.8) is 0 Å². The summed E-state index contributed by atoms with van der Waals surface area (Å²) >= 11 is 0. The normalized spacial score (nSPS) is 10.1. The Morgan fingerprint density at radius 1 is 1.12 bits per heavy atom. The lowest BCUT2D eigenvalue weighted by Crippen LogP contribution is -1.91. The predicted octanol–water partition coefficient (Wildman–Crippen LogP) is 3.09. The monoisotopic (exact) mass is 215 g/mol. The van der Waals surface area contributed by atoms with Gasteiger partial charge in [0.25, 0.3) is 0 Å². The van der Waals surface area contributed by atoms with E-state index in [1.807, 2.05) is 0 Å². The summed E-state index contributed by atoms with van der Waals surface area (Å²) < 4.78 is 12.7. The topological polar surface area (TPSA) is 30.0 Å². The van der Waals surface area contributed by atoms with Crippen molar-refractivity contribution in [2.75, 3.05) is 0 Å². The molecule has 0 radical (unpaired) electrons. The third-order valence-electron chi connectivity index (χ3n) is 2.31. The number of ketones is 1. The van der Waals surface area contributed by atoms with Crippen molar-refractivity contribution >= 4 is 5.78 Å². The number of pyridine rings is 1. The van der Waals surface area contributed by atoms with Gasteiger partial charge < -0.3 is 0 Å². The lowest BCUT2D eigenvalue weighted by atomic mass is 10.1. The highest BCUT2D eigenvalue weighted by Gasteiger charge is 2.02. The van der Waals surface area contributed by atoms with Crippen LogP contribution in [0, 0.1) is 5.82 Å². The summed E-state index contributed by atoms with van der Waals surface area (Å²) in [6.45, 7) is 1.52. The van der Waals surface area contributed by atoms with Crippen LogP contribution < -0.4 is 0 Å². The molecule has 1 aromatic carbocycles. The van der Waals surface area contributed by atoms with E-state index in [1.165, 1.54) is 19.2 Å². The number of halogens is 1. The maximum Gasteiger partial charge on any atom is 0.159 e. The molecular formula is C13H10FNO. The first kappa shape index (κ1) is 10.5. The minimum Gasteiger partial charge on any atom is -0.295 e. The number of hydrogen-bond acceptors (Lipinski definition) is 2. The third kappa shape index (κ3) is 2.14. The Morgan fingerprint density at radius 3 is 2.31 bits per heavy atom. The van der Waals surface area contributed by atoms with E-state index in [1.54, 1.807) is 30.3 Å². The molecule has 2 nitrogen and oxygen atoms in total. The van der Waals surface area contributed by atoms with Crippen molar-refractivity contribution in [1.29, 1.82) is 0 Å². The van der Waals surface area contributed by atoms with Gasteiger partial charge in [-0.3, -0.25) is 9.78 Å². The minimum absolute atomic E-state index is 0.0265. The van der Waals surface area contributed by atoms with Crippen LogP contribution in [0.25, 0.3) is 11.3 Å². The van der Waals surface area contributed by atoms with Crippen molar-refractivity contribution < 1.29 is 9.18 Å². The zero-order valence-corrected chi connectivity index (χ0v) is 8.77. The van der Waals surface area contributed by atoms with Gasteiger partial charge in [-0.15, -0.1) is 0 Å². The van der Waals surface area contributed by atoms with Gasteiger partial charge in [-0.05, 0) is 19.1 Å². The molecule has 0 fully saturated rings. The van der Waals surface area contributed by atoms with Gasteiger partial charge in [-0.2, -0.15) is 0 Å². The highest BCUT2D eigenvalue weighted by Crippen LogP contribution is 2.17. The first-order chi connectivity index (χ1) is 7.66. The van der Waals surface area contributed by atoms with Crippen molar-refractivity contribution in [3.05, 3.63) is 54.0 Å². The van der Waals surface area contributed by atoms with E-state index in [0.717, 1.165) is 5.56 Å². The Bertz CT molecular complexity index is 502. The van der Waals surface area contributed by atoms with Gasteiger partial charge in [0, 0.05) is 11.1 Å². The van der Waals surface area contributed by atoms with Crippen LogP contribution in [0.2, 0.25) is 0 Å². The molecule has 0 saturated carbocycles. The molecule has 0 aliphatic rings. The molecule has 1 aromatic heterocycles. The number of carbonyl (C=O) groups is 1. The molecular weight excluding hydrogens is 205 g/mol. The summed E-state index contributed by atoms with van der Waals surface area (Å²) in [7, 11) is 0. The van der Waals surface area contributed by atoms with Gasteiger partial charge in [-0.25, -0.2) is 4.39 Å². The minimum atomic E-state index is -0.357. The maximum absolute atomic E-state index is 12.7. The number of benzene rings is 1. The fourth-order valence-electron chi connectivity index (χ4n) is 1.42. The molecule has 0 N–H and O–H groups in total. The number of hydrogen-bond donors (Lipinski definition) is 0. The molecule has 2 rings (SSSR count). The van der Waals surface area contributed by atoms with Crippen molar-refractivity contribution in [2.24, 2.45) is 0 Å². The Hall–Kier alpha value is -2.03. The molecule has 0 aliphatic heterocycles. The Labute approximate surface area is 92.8 Å². The van der Waals surface area contributed by atoms with Crippen LogP contribution in [0.1, 0.15) is 17.3 Å². The largest absolute Gasteiger partial charge is 0.295 e. The maximum atomic E-state index is 12.7. The highest BCUT2D eigenvalue weighted by molar-refractivity contribution is 5.94. The summed E-state index contributed by atoms with van der Waals surface area (Å²) in [5.74, 6) is -0.331. The predicted molar refractivity (Wildman–Crippen MR) is 59.6 cm³/mol. The van der Waals surface area contributed by atoms with E-state index in [2.05, 4.69) is 4.98 Å². The van der Waals surface area contributed by atoms with E-state index < -0.39 is 0 Å². The zero-order chi connectivity index (χ0) is 11.5. The van der Waals surface area contributed by atoms with Crippen LogP contribution in [-0.4, -0.2) is 10.8 Å². The number of aromatic nitrogens is 1. The van der Waals surface area contributed by atoms with Crippen LogP contribution >= 0.6 is 0 Å². The summed E-state index contributed by atoms with van der Waals surface area (Å²) in [6.07, 6.45) is 1.17. The molecule has 0 unspecified atom stereocenters. The van der Waals surface area contributed by atoms with Crippen LogP contribution in [0.3, 0.4) is 0 Å². The fourth-order valence-corrected chi connectivity index (χ4v) is 1.42. The van der Waals surface area contributed by atoms with E-state index in [0.29, 0.717) is 11.3 Å². The fraction of sp³-hybridized carbons (Fsp3) is 0.0769. The average Bonchev–Trinajstić information content (AvgIpc) is 2.30. The molecule has 0 atom stereocenters. The zero-order valence-electron chi connectivity index (χ0n) is 8.77. The summed E-state index contributed by atoms with van der Waals surface area (Å²) in [4.78, 5) is 15.0. The number of Topliss-reactive ketones (excluding diaryl/α,β-unsaturated/α-hetero) is 1. The lowest BCUT2D eigenvalue weighted by Gasteiger charge is -2.01. The van der Waals surface area contributed by atoms with Gasteiger partial charge >= 0.3 is 0 Å². The molecule has 0 spiro atoms. The van der Waals surface area contributed by atoms with Crippen molar-refractivity contribution in [2.45, 2.75) is 6.92 Å². The molecule has 3 heteroatoms. The number of carbonyl (C=O) groups excluding carboxylic acids is 1. The standard InChI is InChI=1S/C13H10FNO/c1-9(16)10-2-4-11(5-3-10)13-7-6-12(14)8-15-13/h2-8H,1H3. The average molecular weight is 215 g/mol. The third-order valence-corrected chi connectivity index (χ3v) is 2.31. The molecule has 80 valence electrons. The highest BCUT2D eigenvalue weighted by atomic mass is 19.1. The second-order valence-electron chi connectivity index (χ2n) is 3.50. The summed E-state index contributed by atoms with van der Waals surface area (Å²) in [6, 6.07) is 10.1. The van der Waals surface area contributed by atoms with Crippen molar-refractivity contribution in [3.8, 4) is 11.3 Å². The molecule has 0 bridgehead atoms. The van der Waals surface area contributed by atoms with E-state index in [9.17, 15) is 9.18 Å². The Kier molecular flexibility index (Phi) is 2.77. The lowest BCUT2D eigenvalue weighted by molar-refractivity contribution is 0.101. The second kappa shape index (κ2) is 4.23.